The molecule has 0 heterocycles. The van der Waals surface area contributed by atoms with Crippen LogP contribution in [0, 0.1) is 0 Å². The molecule has 0 saturated heterocycles. The van der Waals surface area contributed by atoms with Gasteiger partial charge in [-0.05, 0) is 53.0 Å². The first-order chi connectivity index (χ1) is 14.4. The van der Waals surface area contributed by atoms with E-state index in [4.69, 9.17) is 5.11 Å². The van der Waals surface area contributed by atoms with Gasteiger partial charge in [0, 0.05) is 35.4 Å². The number of fused-ring (bicyclic) bond motifs is 2. The number of rotatable bonds is 4. The summed E-state index contributed by atoms with van der Waals surface area (Å²) in [7, 11) is 0. The summed E-state index contributed by atoms with van der Waals surface area (Å²) in [5.41, 5.74) is 6.94. The number of allylic oxidation sites excluding steroid dienone is 7. The molecule has 1 amide bonds. The molecule has 0 unspecified atom stereocenters. The molecule has 4 heteroatoms. The lowest BCUT2D eigenvalue weighted by molar-refractivity contribution is -0.132. The number of amides is 1. The van der Waals surface area contributed by atoms with Crippen molar-refractivity contribution >= 4 is 23.5 Å². The fraction of sp³-hybridized carbons (Fsp3) is 0.333. The second-order valence-electron chi connectivity index (χ2n) is 9.52. The van der Waals surface area contributed by atoms with Crippen LogP contribution in [0.25, 0.3) is 11.6 Å². The summed E-state index contributed by atoms with van der Waals surface area (Å²) in [6.07, 6.45) is 14.4. The zero-order valence-corrected chi connectivity index (χ0v) is 19.2. The van der Waals surface area contributed by atoms with Gasteiger partial charge >= 0.3 is 5.97 Å². The fourth-order valence-electron chi connectivity index (χ4n) is 4.11. The lowest BCUT2D eigenvalue weighted by Crippen LogP contribution is -2.30. The molecule has 162 valence electrons. The van der Waals surface area contributed by atoms with E-state index in [1.807, 2.05) is 12.2 Å². The van der Waals surface area contributed by atoms with Crippen molar-refractivity contribution in [2.75, 3.05) is 0 Å². The van der Waals surface area contributed by atoms with Gasteiger partial charge in [0.2, 0.25) is 5.91 Å². The minimum absolute atomic E-state index is 0.0657. The molecule has 0 radical (unpaired) electrons. The third-order valence-corrected chi connectivity index (χ3v) is 5.98. The second kappa shape index (κ2) is 8.18. The normalized spacial score (nSPS) is 20.3. The van der Waals surface area contributed by atoms with Gasteiger partial charge in [-0.2, -0.15) is 0 Å². The Morgan fingerprint density at radius 2 is 1.61 bits per heavy atom. The van der Waals surface area contributed by atoms with E-state index in [0.717, 1.165) is 22.4 Å². The molecule has 0 saturated carbocycles. The van der Waals surface area contributed by atoms with Crippen molar-refractivity contribution in [1.82, 2.24) is 5.32 Å². The number of aliphatic carboxylic acids is 1. The first-order valence-electron chi connectivity index (χ1n) is 10.6. The number of hydrogen-bond acceptors (Lipinski definition) is 2. The molecule has 0 bridgehead atoms. The van der Waals surface area contributed by atoms with Crippen LogP contribution in [0.2, 0.25) is 0 Å². The quantitative estimate of drug-likeness (QED) is 0.377. The summed E-state index contributed by atoms with van der Waals surface area (Å²) >= 11 is 0. The summed E-state index contributed by atoms with van der Waals surface area (Å²) in [5.74, 6) is -1.02. The van der Waals surface area contributed by atoms with Gasteiger partial charge in [0.05, 0.1) is 0 Å². The molecule has 0 aliphatic heterocycles. The molecule has 0 atom stereocenters. The van der Waals surface area contributed by atoms with Gasteiger partial charge < -0.3 is 10.4 Å². The number of carbonyl (C=O) groups excluding carboxylic acids is 1. The van der Waals surface area contributed by atoms with E-state index in [2.05, 4.69) is 63.4 Å². The Morgan fingerprint density at radius 3 is 2.19 bits per heavy atom. The van der Waals surface area contributed by atoms with Crippen LogP contribution in [0.1, 0.15) is 70.2 Å². The van der Waals surface area contributed by atoms with Crippen LogP contribution in [0.4, 0.5) is 0 Å². The number of carboxylic acid groups (broad SMARTS) is 1. The van der Waals surface area contributed by atoms with Crippen LogP contribution in [0.15, 0.2) is 59.9 Å². The highest BCUT2D eigenvalue weighted by molar-refractivity contribution is 5.87. The van der Waals surface area contributed by atoms with E-state index < -0.39 is 5.97 Å². The van der Waals surface area contributed by atoms with Crippen molar-refractivity contribution in [2.45, 2.75) is 58.8 Å². The molecule has 4 nitrogen and oxygen atoms in total. The van der Waals surface area contributed by atoms with Crippen molar-refractivity contribution < 1.29 is 14.7 Å². The minimum Gasteiger partial charge on any atom is -0.478 e. The van der Waals surface area contributed by atoms with E-state index in [-0.39, 0.29) is 22.3 Å². The van der Waals surface area contributed by atoms with Crippen LogP contribution in [-0.4, -0.2) is 17.0 Å². The standard InChI is InChI=1S/C27H31NO3/c1-17(25(30)31)9-7-8-10-19-13-21(28-18(2)29)14-20-15-23-24(16-22(19)20)27(5,6)12-11-26(23,3)4/h7-12,14-16H,13H2,1-6H3,(H,28,29)(H,30,31). The highest BCUT2D eigenvalue weighted by Gasteiger charge is 2.34. The van der Waals surface area contributed by atoms with E-state index in [9.17, 15) is 9.59 Å². The van der Waals surface area contributed by atoms with Crippen LogP contribution in [0.5, 0.6) is 0 Å². The Labute approximate surface area is 184 Å². The summed E-state index contributed by atoms with van der Waals surface area (Å²) in [6.45, 7) is 12.0. The lowest BCUT2D eigenvalue weighted by atomic mass is 9.66. The van der Waals surface area contributed by atoms with Gasteiger partial charge in [-0.1, -0.05) is 64.2 Å². The van der Waals surface area contributed by atoms with Crippen molar-refractivity contribution in [3.63, 3.8) is 0 Å². The SMILES string of the molecule is CC(=O)NC1=Cc2cc3c(cc2C(=CC=CC=C(C)C(=O)O)C1)C(C)(C)C=CC3(C)C. The van der Waals surface area contributed by atoms with Gasteiger partial charge in [0.1, 0.15) is 0 Å². The van der Waals surface area contributed by atoms with Gasteiger partial charge in [0.15, 0.2) is 0 Å². The largest absolute Gasteiger partial charge is 0.478 e. The number of carbonyl (C=O) groups is 2. The van der Waals surface area contributed by atoms with Gasteiger partial charge in [0.25, 0.3) is 0 Å². The van der Waals surface area contributed by atoms with Crippen molar-refractivity contribution in [3.05, 3.63) is 82.1 Å². The van der Waals surface area contributed by atoms with Crippen LogP contribution in [-0.2, 0) is 20.4 Å². The monoisotopic (exact) mass is 417 g/mol. The smallest absolute Gasteiger partial charge is 0.331 e. The molecule has 0 fully saturated rings. The summed E-state index contributed by atoms with van der Waals surface area (Å²) < 4.78 is 0. The number of benzene rings is 1. The number of nitrogens with one attached hydrogen (secondary N) is 1. The number of carboxylic acids is 1. The fourth-order valence-corrected chi connectivity index (χ4v) is 4.11. The third kappa shape index (κ3) is 4.79. The first-order valence-corrected chi connectivity index (χ1v) is 10.6. The highest BCUT2D eigenvalue weighted by Crippen LogP contribution is 2.45. The molecule has 2 N–H and O–H groups in total. The van der Waals surface area contributed by atoms with Gasteiger partial charge in [-0.25, -0.2) is 4.79 Å². The zero-order valence-electron chi connectivity index (χ0n) is 19.2. The summed E-state index contributed by atoms with van der Waals surface area (Å²) in [6, 6.07) is 4.54. The molecule has 2 aliphatic rings. The summed E-state index contributed by atoms with van der Waals surface area (Å²) in [4.78, 5) is 22.7. The molecule has 3 rings (SSSR count). The maximum atomic E-state index is 11.7. The zero-order chi connectivity index (χ0) is 23.0. The average Bonchev–Trinajstić information content (AvgIpc) is 2.67. The maximum Gasteiger partial charge on any atom is 0.331 e. The van der Waals surface area contributed by atoms with E-state index >= 15 is 0 Å². The van der Waals surface area contributed by atoms with Crippen LogP contribution in [0.3, 0.4) is 0 Å². The van der Waals surface area contributed by atoms with Gasteiger partial charge in [-0.15, -0.1) is 0 Å². The van der Waals surface area contributed by atoms with Crippen molar-refractivity contribution in [1.29, 1.82) is 0 Å². The highest BCUT2D eigenvalue weighted by atomic mass is 16.4. The molecular formula is C27H31NO3. The molecular weight excluding hydrogens is 386 g/mol. The molecule has 1 aromatic carbocycles. The Morgan fingerprint density at radius 1 is 1.00 bits per heavy atom. The third-order valence-electron chi connectivity index (χ3n) is 5.98. The molecule has 31 heavy (non-hydrogen) atoms. The predicted octanol–water partition coefficient (Wildman–Crippen LogP) is 5.66. The van der Waals surface area contributed by atoms with Crippen LogP contribution >= 0.6 is 0 Å². The van der Waals surface area contributed by atoms with Crippen LogP contribution < -0.4 is 5.32 Å². The summed E-state index contributed by atoms with van der Waals surface area (Å²) in [5, 5.41) is 12.0. The first kappa shape index (κ1) is 22.5. The predicted molar refractivity (Wildman–Crippen MR) is 127 cm³/mol. The number of hydrogen-bond donors (Lipinski definition) is 2. The van der Waals surface area contributed by atoms with Gasteiger partial charge in [-0.3, -0.25) is 4.79 Å². The van der Waals surface area contributed by atoms with Crippen molar-refractivity contribution in [3.8, 4) is 0 Å². The topological polar surface area (TPSA) is 66.4 Å². The Hall–Kier alpha value is -3.14. The Kier molecular flexibility index (Phi) is 5.95. The van der Waals surface area contributed by atoms with E-state index in [0.29, 0.717) is 6.42 Å². The van der Waals surface area contributed by atoms with E-state index in [1.165, 1.54) is 18.1 Å². The van der Waals surface area contributed by atoms with E-state index in [1.54, 1.807) is 19.1 Å². The Balaban J connectivity index is 2.13. The molecule has 2 aliphatic carbocycles. The Bertz CT molecular complexity index is 1090. The molecule has 0 aromatic heterocycles. The molecule has 1 aromatic rings. The molecule has 0 spiro atoms. The lowest BCUT2D eigenvalue weighted by Gasteiger charge is -2.38. The minimum atomic E-state index is -0.930. The second-order valence-corrected chi connectivity index (χ2v) is 9.52. The van der Waals surface area contributed by atoms with Crippen molar-refractivity contribution in [2.24, 2.45) is 0 Å². The maximum absolute atomic E-state index is 11.7. The average molecular weight is 418 g/mol.